The van der Waals surface area contributed by atoms with Gasteiger partial charge in [0.1, 0.15) is 11.0 Å². The van der Waals surface area contributed by atoms with Crippen molar-refractivity contribution in [3.05, 3.63) is 39.1 Å². The van der Waals surface area contributed by atoms with Gasteiger partial charge in [0.25, 0.3) is 5.91 Å². The molecule has 3 rings (SSSR count). The molecule has 1 amide bonds. The fourth-order valence-electron chi connectivity index (χ4n) is 2.88. The van der Waals surface area contributed by atoms with Crippen molar-refractivity contribution in [1.82, 2.24) is 5.32 Å². The number of nitrogens with one attached hydrogen (secondary N) is 2. The first-order chi connectivity index (χ1) is 12.5. The Morgan fingerprint density at radius 3 is 2.58 bits per heavy atom. The average molecular weight is 376 g/mol. The molecular formula is C18H20N2O5S. The van der Waals surface area contributed by atoms with Crippen LogP contribution in [0.15, 0.2) is 18.2 Å². The Hall–Kier alpha value is -2.74. The number of fused-ring (bicyclic) bond motifs is 1. The normalized spacial score (nSPS) is 15.5. The fraction of sp³-hybridized carbons (Fsp3) is 0.333. The minimum Gasteiger partial charge on any atom is -0.493 e. The number of amides is 1. The van der Waals surface area contributed by atoms with Crippen molar-refractivity contribution in [2.75, 3.05) is 26.1 Å². The summed E-state index contributed by atoms with van der Waals surface area (Å²) in [7, 11) is 3.11. The van der Waals surface area contributed by atoms with E-state index in [0.717, 1.165) is 10.4 Å². The molecule has 2 aromatic rings. The largest absolute Gasteiger partial charge is 0.493 e. The molecular weight excluding hydrogens is 356 g/mol. The van der Waals surface area contributed by atoms with E-state index in [1.54, 1.807) is 33.3 Å². The first-order valence-corrected chi connectivity index (χ1v) is 8.91. The Labute approximate surface area is 155 Å². The van der Waals surface area contributed by atoms with Crippen molar-refractivity contribution in [3.8, 4) is 11.5 Å². The highest BCUT2D eigenvalue weighted by Crippen LogP contribution is 2.39. The lowest BCUT2D eigenvalue weighted by Gasteiger charge is -2.27. The second kappa shape index (κ2) is 7.25. The zero-order chi connectivity index (χ0) is 18.8. The molecule has 0 spiro atoms. The Morgan fingerprint density at radius 2 is 1.92 bits per heavy atom. The van der Waals surface area contributed by atoms with E-state index in [4.69, 9.17) is 14.2 Å². The third kappa shape index (κ3) is 3.08. The van der Waals surface area contributed by atoms with E-state index in [1.165, 1.54) is 11.3 Å². The number of rotatable bonds is 5. The van der Waals surface area contributed by atoms with Gasteiger partial charge in [0, 0.05) is 4.88 Å². The van der Waals surface area contributed by atoms with Gasteiger partial charge in [0.2, 0.25) is 0 Å². The zero-order valence-corrected chi connectivity index (χ0v) is 15.8. The molecule has 0 unspecified atom stereocenters. The predicted octanol–water partition coefficient (Wildman–Crippen LogP) is 3.10. The van der Waals surface area contributed by atoms with Crippen LogP contribution in [-0.2, 0) is 4.74 Å². The molecule has 2 heterocycles. The van der Waals surface area contributed by atoms with Crippen molar-refractivity contribution in [1.29, 1.82) is 0 Å². The summed E-state index contributed by atoms with van der Waals surface area (Å²) in [5, 5.41) is 6.15. The van der Waals surface area contributed by atoms with E-state index in [9.17, 15) is 9.59 Å². The van der Waals surface area contributed by atoms with E-state index < -0.39 is 12.1 Å². The van der Waals surface area contributed by atoms with Gasteiger partial charge in [-0.25, -0.2) is 4.79 Å². The van der Waals surface area contributed by atoms with Crippen LogP contribution in [0.5, 0.6) is 11.5 Å². The molecule has 138 valence electrons. The van der Waals surface area contributed by atoms with E-state index in [2.05, 4.69) is 10.6 Å². The molecule has 1 aromatic carbocycles. The number of methoxy groups -OCH3 is 2. The van der Waals surface area contributed by atoms with Crippen LogP contribution in [0, 0.1) is 6.92 Å². The van der Waals surface area contributed by atoms with Gasteiger partial charge in [0.15, 0.2) is 11.5 Å². The first-order valence-electron chi connectivity index (χ1n) is 8.10. The third-order valence-electron chi connectivity index (χ3n) is 4.08. The summed E-state index contributed by atoms with van der Waals surface area (Å²) in [5.74, 6) is 0.481. The third-order valence-corrected chi connectivity index (χ3v) is 5.16. The lowest BCUT2D eigenvalue weighted by Crippen LogP contribution is -2.38. The number of anilines is 1. The molecule has 1 aliphatic rings. The maximum absolute atomic E-state index is 12.6. The minimum atomic E-state index is -0.503. The van der Waals surface area contributed by atoms with Gasteiger partial charge >= 0.3 is 5.97 Å². The highest BCUT2D eigenvalue weighted by atomic mass is 32.1. The van der Waals surface area contributed by atoms with Crippen LogP contribution in [0.4, 0.5) is 5.69 Å². The summed E-state index contributed by atoms with van der Waals surface area (Å²) < 4.78 is 15.7. The Morgan fingerprint density at radius 1 is 1.19 bits per heavy atom. The first kappa shape index (κ1) is 18.1. The molecule has 1 aliphatic heterocycles. The summed E-state index contributed by atoms with van der Waals surface area (Å²) in [6, 6.07) is 5.38. The van der Waals surface area contributed by atoms with Crippen molar-refractivity contribution >= 4 is 28.9 Å². The number of hydrogen-bond acceptors (Lipinski definition) is 7. The van der Waals surface area contributed by atoms with Gasteiger partial charge in [-0.15, -0.1) is 11.3 Å². The van der Waals surface area contributed by atoms with Crippen LogP contribution in [0.3, 0.4) is 0 Å². The van der Waals surface area contributed by atoms with E-state index in [0.29, 0.717) is 27.6 Å². The van der Waals surface area contributed by atoms with Crippen molar-refractivity contribution in [3.63, 3.8) is 0 Å². The topological polar surface area (TPSA) is 85.9 Å². The molecule has 0 fully saturated rings. The van der Waals surface area contributed by atoms with Crippen molar-refractivity contribution in [2.45, 2.75) is 20.0 Å². The Bertz CT molecular complexity index is 862. The van der Waals surface area contributed by atoms with E-state index in [1.807, 2.05) is 13.0 Å². The lowest BCUT2D eigenvalue weighted by atomic mass is 10.1. The second-order valence-corrected chi connectivity index (χ2v) is 6.85. The summed E-state index contributed by atoms with van der Waals surface area (Å²) in [4.78, 5) is 26.0. The highest BCUT2D eigenvalue weighted by Gasteiger charge is 2.33. The maximum Gasteiger partial charge on any atom is 0.350 e. The quantitative estimate of drug-likeness (QED) is 0.780. The maximum atomic E-state index is 12.6. The molecule has 0 saturated heterocycles. The second-order valence-electron chi connectivity index (χ2n) is 5.62. The number of carbonyl (C=O) groups excluding carboxylic acids is 2. The molecule has 7 nitrogen and oxygen atoms in total. The number of benzene rings is 1. The molecule has 1 aromatic heterocycles. The molecule has 0 radical (unpaired) electrons. The van der Waals surface area contributed by atoms with Gasteiger partial charge in [-0.05, 0) is 31.5 Å². The molecule has 26 heavy (non-hydrogen) atoms. The van der Waals surface area contributed by atoms with Crippen LogP contribution in [0.2, 0.25) is 0 Å². The minimum absolute atomic E-state index is 0.233. The van der Waals surface area contributed by atoms with E-state index >= 15 is 0 Å². The van der Waals surface area contributed by atoms with Gasteiger partial charge < -0.3 is 24.8 Å². The van der Waals surface area contributed by atoms with E-state index in [-0.39, 0.29) is 12.5 Å². The van der Waals surface area contributed by atoms with Crippen LogP contribution < -0.4 is 20.1 Å². The molecule has 2 N–H and O–H groups in total. The average Bonchev–Trinajstić information content (AvgIpc) is 2.98. The van der Waals surface area contributed by atoms with Crippen molar-refractivity contribution < 1.29 is 23.8 Å². The van der Waals surface area contributed by atoms with Crippen LogP contribution >= 0.6 is 11.3 Å². The predicted molar refractivity (Wildman–Crippen MR) is 98.4 cm³/mol. The number of ether oxygens (including phenoxy) is 3. The van der Waals surface area contributed by atoms with Gasteiger partial charge in [-0.1, -0.05) is 6.07 Å². The summed E-state index contributed by atoms with van der Waals surface area (Å²) in [6.07, 6.45) is -0.503. The number of esters is 1. The number of hydrogen-bond donors (Lipinski definition) is 2. The standard InChI is InChI=1S/C18H20N2O5S/c1-5-25-18(22)15-14-13(9(2)26-15)17(21)20-16(19-14)10-6-7-11(23-3)12(8-10)24-4/h6-8,16,19H,5H2,1-4H3,(H,20,21)/t16-/m1/s1. The van der Waals surface area contributed by atoms with Gasteiger partial charge in [-0.2, -0.15) is 0 Å². The fourth-order valence-corrected chi connectivity index (χ4v) is 3.89. The Balaban J connectivity index is 1.99. The molecule has 0 saturated carbocycles. The number of carbonyl (C=O) groups is 2. The smallest absolute Gasteiger partial charge is 0.350 e. The van der Waals surface area contributed by atoms with Gasteiger partial charge in [0.05, 0.1) is 32.1 Å². The zero-order valence-electron chi connectivity index (χ0n) is 15.0. The van der Waals surface area contributed by atoms with Gasteiger partial charge in [-0.3, -0.25) is 4.79 Å². The monoisotopic (exact) mass is 376 g/mol. The number of thiophene rings is 1. The molecule has 8 heteroatoms. The molecule has 1 atom stereocenters. The molecule has 0 bridgehead atoms. The Kier molecular flexibility index (Phi) is 5.03. The molecule has 0 aliphatic carbocycles. The van der Waals surface area contributed by atoms with Crippen molar-refractivity contribution in [2.24, 2.45) is 0 Å². The summed E-state index contributed by atoms with van der Waals surface area (Å²) >= 11 is 1.25. The van der Waals surface area contributed by atoms with Crippen LogP contribution in [-0.4, -0.2) is 32.7 Å². The number of aryl methyl sites for hydroxylation is 1. The highest BCUT2D eigenvalue weighted by molar-refractivity contribution is 7.15. The van der Waals surface area contributed by atoms with Crippen LogP contribution in [0.1, 0.15) is 43.6 Å². The summed E-state index contributed by atoms with van der Waals surface area (Å²) in [5.41, 5.74) is 1.77. The summed E-state index contributed by atoms with van der Waals surface area (Å²) in [6.45, 7) is 3.83. The SMILES string of the molecule is CCOC(=O)c1sc(C)c2c1N[C@@H](c1ccc(OC)c(OC)c1)NC2=O. The van der Waals surface area contributed by atoms with Crippen LogP contribution in [0.25, 0.3) is 0 Å². The lowest BCUT2D eigenvalue weighted by molar-refractivity contribution is 0.0533.